The van der Waals surface area contributed by atoms with Gasteiger partial charge in [-0.2, -0.15) is 0 Å². The van der Waals surface area contributed by atoms with E-state index < -0.39 is 0 Å². The molecule has 0 heterocycles. The number of amides is 1. The van der Waals surface area contributed by atoms with E-state index in [0.29, 0.717) is 26.0 Å². The second-order valence-electron chi connectivity index (χ2n) is 4.20. The predicted octanol–water partition coefficient (Wildman–Crippen LogP) is 2.16. The first-order valence-electron chi connectivity index (χ1n) is 5.86. The normalized spacial score (nSPS) is 10.2. The van der Waals surface area contributed by atoms with Crippen LogP contribution in [0.5, 0.6) is 5.75 Å². The summed E-state index contributed by atoms with van der Waals surface area (Å²) in [5, 5.41) is 0. The summed E-state index contributed by atoms with van der Waals surface area (Å²) in [6, 6.07) is 5.72. The van der Waals surface area contributed by atoms with E-state index in [1.807, 2.05) is 18.2 Å². The van der Waals surface area contributed by atoms with Crippen molar-refractivity contribution in [1.29, 1.82) is 0 Å². The van der Waals surface area contributed by atoms with Crippen LogP contribution >= 0.6 is 15.9 Å². The van der Waals surface area contributed by atoms with Gasteiger partial charge >= 0.3 is 0 Å². The molecule has 100 valence electrons. The van der Waals surface area contributed by atoms with Gasteiger partial charge in [0, 0.05) is 31.5 Å². The van der Waals surface area contributed by atoms with E-state index in [9.17, 15) is 4.79 Å². The number of carbonyl (C=O) groups is 1. The van der Waals surface area contributed by atoms with Gasteiger partial charge in [0.2, 0.25) is 5.91 Å². The molecule has 1 aromatic rings. The van der Waals surface area contributed by atoms with Crippen molar-refractivity contribution < 1.29 is 9.53 Å². The standard InChI is InChI=1S/C13H19BrN2O2/c1-16(2)13(17)4-3-7-18-11-5-6-12(14)10(8-11)9-15/h5-6,8H,3-4,7,9,15H2,1-2H3. The van der Waals surface area contributed by atoms with E-state index in [0.717, 1.165) is 15.8 Å². The van der Waals surface area contributed by atoms with E-state index in [4.69, 9.17) is 10.5 Å². The molecule has 0 radical (unpaired) electrons. The van der Waals surface area contributed by atoms with Crippen molar-refractivity contribution in [2.24, 2.45) is 5.73 Å². The zero-order chi connectivity index (χ0) is 13.5. The average Bonchev–Trinajstić information content (AvgIpc) is 2.35. The average molecular weight is 315 g/mol. The number of rotatable bonds is 6. The number of ether oxygens (including phenoxy) is 1. The van der Waals surface area contributed by atoms with Gasteiger partial charge in [-0.25, -0.2) is 0 Å². The molecule has 0 bridgehead atoms. The quantitative estimate of drug-likeness (QED) is 0.819. The molecule has 2 N–H and O–H groups in total. The summed E-state index contributed by atoms with van der Waals surface area (Å²) < 4.78 is 6.57. The first-order chi connectivity index (χ1) is 8.54. The molecule has 18 heavy (non-hydrogen) atoms. The SMILES string of the molecule is CN(C)C(=O)CCCOc1ccc(Br)c(CN)c1. The van der Waals surface area contributed by atoms with E-state index in [2.05, 4.69) is 15.9 Å². The molecule has 1 aromatic carbocycles. The van der Waals surface area contributed by atoms with Gasteiger partial charge in [-0.1, -0.05) is 15.9 Å². The zero-order valence-electron chi connectivity index (χ0n) is 10.8. The number of nitrogens with zero attached hydrogens (tertiary/aromatic N) is 1. The number of hydrogen-bond donors (Lipinski definition) is 1. The molecule has 0 saturated heterocycles. The molecule has 0 aliphatic carbocycles. The fourth-order valence-corrected chi connectivity index (χ4v) is 1.84. The minimum Gasteiger partial charge on any atom is -0.494 e. The molecular formula is C13H19BrN2O2. The van der Waals surface area contributed by atoms with Crippen LogP contribution in [0, 0.1) is 0 Å². The molecule has 0 aliphatic rings. The second-order valence-corrected chi connectivity index (χ2v) is 5.05. The monoisotopic (exact) mass is 314 g/mol. The number of hydrogen-bond acceptors (Lipinski definition) is 3. The van der Waals surface area contributed by atoms with Crippen LogP contribution in [0.15, 0.2) is 22.7 Å². The van der Waals surface area contributed by atoms with Crippen molar-refractivity contribution in [3.05, 3.63) is 28.2 Å². The second kappa shape index (κ2) is 7.38. The van der Waals surface area contributed by atoms with Crippen molar-refractivity contribution >= 4 is 21.8 Å². The molecular weight excluding hydrogens is 296 g/mol. The summed E-state index contributed by atoms with van der Waals surface area (Å²) in [4.78, 5) is 12.9. The molecule has 0 aliphatic heterocycles. The van der Waals surface area contributed by atoms with Crippen LogP contribution in [0.4, 0.5) is 0 Å². The summed E-state index contributed by atoms with van der Waals surface area (Å²) in [6.07, 6.45) is 1.22. The third-order valence-electron chi connectivity index (χ3n) is 2.54. The van der Waals surface area contributed by atoms with Gasteiger partial charge in [-0.15, -0.1) is 0 Å². The molecule has 0 saturated carbocycles. The van der Waals surface area contributed by atoms with Crippen molar-refractivity contribution in [3.8, 4) is 5.75 Å². The Balaban J connectivity index is 2.38. The van der Waals surface area contributed by atoms with E-state index in [-0.39, 0.29) is 5.91 Å². The summed E-state index contributed by atoms with van der Waals surface area (Å²) in [7, 11) is 3.51. The Morgan fingerprint density at radius 3 is 2.78 bits per heavy atom. The molecule has 0 atom stereocenters. The Bertz CT molecular complexity index is 408. The molecule has 0 aromatic heterocycles. The highest BCUT2D eigenvalue weighted by Gasteiger charge is 2.04. The number of halogens is 1. The first-order valence-corrected chi connectivity index (χ1v) is 6.65. The topological polar surface area (TPSA) is 55.6 Å². The molecule has 4 nitrogen and oxygen atoms in total. The number of carbonyl (C=O) groups excluding carboxylic acids is 1. The first kappa shape index (κ1) is 15.0. The molecule has 0 fully saturated rings. The Labute approximate surface area is 116 Å². The Kier molecular flexibility index (Phi) is 6.15. The van der Waals surface area contributed by atoms with E-state index in [1.165, 1.54) is 0 Å². The van der Waals surface area contributed by atoms with Crippen LogP contribution in [0.25, 0.3) is 0 Å². The molecule has 0 unspecified atom stereocenters. The Hall–Kier alpha value is -1.07. The van der Waals surface area contributed by atoms with Gasteiger partial charge < -0.3 is 15.4 Å². The maximum absolute atomic E-state index is 11.3. The molecule has 0 spiro atoms. The largest absolute Gasteiger partial charge is 0.494 e. The van der Waals surface area contributed by atoms with Gasteiger partial charge in [0.1, 0.15) is 5.75 Å². The Morgan fingerprint density at radius 1 is 1.44 bits per heavy atom. The van der Waals surface area contributed by atoms with Crippen LogP contribution in [-0.2, 0) is 11.3 Å². The van der Waals surface area contributed by atoms with Gasteiger partial charge in [-0.3, -0.25) is 4.79 Å². The molecule has 5 heteroatoms. The predicted molar refractivity (Wildman–Crippen MR) is 75.5 cm³/mol. The van der Waals surface area contributed by atoms with Crippen molar-refractivity contribution in [3.63, 3.8) is 0 Å². The van der Waals surface area contributed by atoms with Crippen molar-refractivity contribution in [2.45, 2.75) is 19.4 Å². The fraction of sp³-hybridized carbons (Fsp3) is 0.462. The maximum atomic E-state index is 11.3. The minimum atomic E-state index is 0.122. The van der Waals surface area contributed by atoms with Crippen LogP contribution < -0.4 is 10.5 Å². The lowest BCUT2D eigenvalue weighted by Gasteiger charge is -2.11. The third-order valence-corrected chi connectivity index (χ3v) is 3.31. The highest BCUT2D eigenvalue weighted by Crippen LogP contribution is 2.22. The van der Waals surface area contributed by atoms with E-state index >= 15 is 0 Å². The van der Waals surface area contributed by atoms with Gasteiger partial charge in [0.25, 0.3) is 0 Å². The molecule has 1 amide bonds. The lowest BCUT2D eigenvalue weighted by Crippen LogP contribution is -2.21. The van der Waals surface area contributed by atoms with Crippen LogP contribution in [-0.4, -0.2) is 31.5 Å². The van der Waals surface area contributed by atoms with Gasteiger partial charge in [0.15, 0.2) is 0 Å². The minimum absolute atomic E-state index is 0.122. The van der Waals surface area contributed by atoms with Gasteiger partial charge in [-0.05, 0) is 30.2 Å². The van der Waals surface area contributed by atoms with Crippen molar-refractivity contribution in [2.75, 3.05) is 20.7 Å². The number of benzene rings is 1. The number of nitrogens with two attached hydrogens (primary N) is 1. The summed E-state index contributed by atoms with van der Waals surface area (Å²) >= 11 is 3.42. The van der Waals surface area contributed by atoms with Gasteiger partial charge in [0.05, 0.1) is 6.61 Å². The smallest absolute Gasteiger partial charge is 0.222 e. The third kappa shape index (κ3) is 4.66. The van der Waals surface area contributed by atoms with E-state index in [1.54, 1.807) is 19.0 Å². The summed E-state index contributed by atoms with van der Waals surface area (Å²) in [6.45, 7) is 1.00. The fourth-order valence-electron chi connectivity index (χ4n) is 1.43. The maximum Gasteiger partial charge on any atom is 0.222 e. The lowest BCUT2D eigenvalue weighted by molar-refractivity contribution is -0.128. The zero-order valence-corrected chi connectivity index (χ0v) is 12.4. The summed E-state index contributed by atoms with van der Waals surface area (Å²) in [5.41, 5.74) is 6.62. The highest BCUT2D eigenvalue weighted by molar-refractivity contribution is 9.10. The van der Waals surface area contributed by atoms with Crippen LogP contribution in [0.3, 0.4) is 0 Å². The Morgan fingerprint density at radius 2 is 2.17 bits per heavy atom. The highest BCUT2D eigenvalue weighted by atomic mass is 79.9. The van der Waals surface area contributed by atoms with Crippen LogP contribution in [0.2, 0.25) is 0 Å². The summed E-state index contributed by atoms with van der Waals surface area (Å²) in [5.74, 6) is 0.910. The molecule has 1 rings (SSSR count). The lowest BCUT2D eigenvalue weighted by atomic mass is 10.2. The van der Waals surface area contributed by atoms with Crippen molar-refractivity contribution in [1.82, 2.24) is 4.90 Å². The van der Waals surface area contributed by atoms with Crippen LogP contribution in [0.1, 0.15) is 18.4 Å².